The van der Waals surface area contributed by atoms with Gasteiger partial charge in [-0.1, -0.05) is 29.8 Å². The number of nitrogens with zero attached hydrogens (tertiary/aromatic N) is 3. The van der Waals surface area contributed by atoms with Gasteiger partial charge in [0.15, 0.2) is 5.78 Å². The van der Waals surface area contributed by atoms with Gasteiger partial charge in [0.25, 0.3) is 0 Å². The zero-order valence-electron chi connectivity index (χ0n) is 13.7. The fourth-order valence-corrected chi connectivity index (χ4v) is 2.76. The summed E-state index contributed by atoms with van der Waals surface area (Å²) < 4.78 is 2.05. The fourth-order valence-electron chi connectivity index (χ4n) is 2.76. The third-order valence-electron chi connectivity index (χ3n) is 3.90. The van der Waals surface area contributed by atoms with Crippen molar-refractivity contribution in [1.29, 1.82) is 5.26 Å². The maximum Gasteiger partial charge on any atom is 0.170 e. The summed E-state index contributed by atoms with van der Waals surface area (Å²) in [5.41, 5.74) is 4.21. The van der Waals surface area contributed by atoms with E-state index in [9.17, 15) is 4.79 Å². The molecule has 0 N–H and O–H groups in total. The molecule has 0 saturated carbocycles. The predicted molar refractivity (Wildman–Crippen MR) is 94.3 cm³/mol. The Balaban J connectivity index is 2.10. The van der Waals surface area contributed by atoms with Crippen molar-refractivity contribution in [3.05, 3.63) is 71.1 Å². The Labute approximate surface area is 140 Å². The van der Waals surface area contributed by atoms with Crippen molar-refractivity contribution in [2.75, 3.05) is 0 Å². The normalized spacial score (nSPS) is 11.5. The Morgan fingerprint density at radius 2 is 2.17 bits per heavy atom. The van der Waals surface area contributed by atoms with E-state index in [0.717, 1.165) is 16.6 Å². The van der Waals surface area contributed by atoms with E-state index in [1.165, 1.54) is 18.1 Å². The summed E-state index contributed by atoms with van der Waals surface area (Å²) in [5, 5.41) is 10.1. The lowest BCUT2D eigenvalue weighted by Gasteiger charge is -2.05. The highest BCUT2D eigenvalue weighted by molar-refractivity contribution is 6.03. The van der Waals surface area contributed by atoms with Crippen LogP contribution in [-0.4, -0.2) is 15.3 Å². The number of ketones is 1. The zero-order valence-corrected chi connectivity index (χ0v) is 13.7. The number of aryl methyl sites for hydroxylation is 1. The van der Waals surface area contributed by atoms with E-state index in [1.54, 1.807) is 12.3 Å². The summed E-state index contributed by atoms with van der Waals surface area (Å²) in [6.45, 7) is 4.15. The maximum atomic E-state index is 11.5. The van der Waals surface area contributed by atoms with Gasteiger partial charge >= 0.3 is 0 Å². The molecule has 2 aromatic heterocycles. The second-order valence-corrected chi connectivity index (χ2v) is 5.80. The molecule has 0 atom stereocenters. The van der Waals surface area contributed by atoms with Crippen LogP contribution < -0.4 is 0 Å². The van der Waals surface area contributed by atoms with Crippen LogP contribution in [0, 0.1) is 18.3 Å². The van der Waals surface area contributed by atoms with Crippen LogP contribution in [0.3, 0.4) is 0 Å². The Morgan fingerprint density at radius 1 is 1.33 bits per heavy atom. The number of Topliss-reactive ketones (excluding diaryl/α,β-unsaturated/α-hetero) is 1. The summed E-state index contributed by atoms with van der Waals surface area (Å²) in [6.07, 6.45) is 5.33. The molecule has 0 aliphatic rings. The van der Waals surface area contributed by atoms with Gasteiger partial charge in [-0.05, 0) is 37.6 Å². The molecule has 118 valence electrons. The van der Waals surface area contributed by atoms with Crippen molar-refractivity contribution in [1.82, 2.24) is 9.55 Å². The van der Waals surface area contributed by atoms with E-state index in [0.29, 0.717) is 6.54 Å². The number of allylic oxidation sites excluding steroid dienone is 1. The fraction of sp³-hybridized carbons (Fsp3) is 0.150. The van der Waals surface area contributed by atoms with Gasteiger partial charge in [-0.15, -0.1) is 0 Å². The number of fused-ring (bicyclic) bond motifs is 1. The van der Waals surface area contributed by atoms with Crippen molar-refractivity contribution in [2.45, 2.75) is 20.4 Å². The lowest BCUT2D eigenvalue weighted by molar-refractivity contribution is -0.113. The Kier molecular flexibility index (Phi) is 4.26. The van der Waals surface area contributed by atoms with Crippen molar-refractivity contribution in [3.63, 3.8) is 0 Å². The van der Waals surface area contributed by atoms with E-state index in [-0.39, 0.29) is 11.4 Å². The van der Waals surface area contributed by atoms with Gasteiger partial charge in [0.2, 0.25) is 0 Å². The summed E-state index contributed by atoms with van der Waals surface area (Å²) in [7, 11) is 0. The lowest BCUT2D eigenvalue weighted by atomic mass is 10.1. The third-order valence-corrected chi connectivity index (χ3v) is 3.90. The molecule has 1 aromatic carbocycles. The summed E-state index contributed by atoms with van der Waals surface area (Å²) in [4.78, 5) is 16.0. The SMILES string of the molecule is CC(=O)/C(C#N)=C/c1cn(Cc2cccc(C)c2)c2ncccc12. The van der Waals surface area contributed by atoms with E-state index < -0.39 is 0 Å². The van der Waals surface area contributed by atoms with Crippen LogP contribution in [0.15, 0.2) is 54.4 Å². The molecule has 0 amide bonds. The molecule has 0 unspecified atom stereocenters. The molecule has 2 heterocycles. The number of carbonyl (C=O) groups excluding carboxylic acids is 1. The third kappa shape index (κ3) is 3.11. The van der Waals surface area contributed by atoms with E-state index in [2.05, 4.69) is 30.1 Å². The average Bonchev–Trinajstić information content (AvgIpc) is 2.90. The van der Waals surface area contributed by atoms with Gasteiger partial charge in [-0.2, -0.15) is 5.26 Å². The van der Waals surface area contributed by atoms with Gasteiger partial charge in [0, 0.05) is 29.9 Å². The molecule has 0 aliphatic heterocycles. The van der Waals surface area contributed by atoms with Crippen molar-refractivity contribution in [2.24, 2.45) is 0 Å². The standard InChI is InChI=1S/C20H17N3O/c1-14-5-3-6-16(9-14)12-23-13-18(10-17(11-21)15(2)24)19-7-4-8-22-20(19)23/h3-10,13H,12H2,1-2H3/b17-10+. The van der Waals surface area contributed by atoms with Crippen molar-refractivity contribution < 1.29 is 4.79 Å². The number of pyridine rings is 1. The molecule has 0 fully saturated rings. The molecular weight excluding hydrogens is 298 g/mol. The molecule has 0 aliphatic carbocycles. The summed E-state index contributed by atoms with van der Waals surface area (Å²) in [6, 6.07) is 14.1. The number of nitriles is 1. The molecule has 3 rings (SSSR count). The molecular formula is C20H17N3O. The average molecular weight is 315 g/mol. The van der Waals surface area contributed by atoms with Crippen molar-refractivity contribution >= 4 is 22.9 Å². The second kappa shape index (κ2) is 6.51. The number of rotatable bonds is 4. The second-order valence-electron chi connectivity index (χ2n) is 5.80. The van der Waals surface area contributed by atoms with Gasteiger partial charge in [-0.3, -0.25) is 4.79 Å². The molecule has 0 radical (unpaired) electrons. The largest absolute Gasteiger partial charge is 0.327 e. The highest BCUT2D eigenvalue weighted by Crippen LogP contribution is 2.23. The van der Waals surface area contributed by atoms with Gasteiger partial charge in [-0.25, -0.2) is 4.98 Å². The Morgan fingerprint density at radius 3 is 2.88 bits per heavy atom. The first-order valence-electron chi connectivity index (χ1n) is 7.70. The molecule has 0 bridgehead atoms. The predicted octanol–water partition coefficient (Wildman–Crippen LogP) is 3.89. The number of carbonyl (C=O) groups is 1. The zero-order chi connectivity index (χ0) is 17.1. The van der Waals surface area contributed by atoms with Crippen LogP contribution in [0.2, 0.25) is 0 Å². The van der Waals surface area contributed by atoms with Crippen LogP contribution in [0.4, 0.5) is 0 Å². The highest BCUT2D eigenvalue weighted by Gasteiger charge is 2.11. The molecule has 4 heteroatoms. The van der Waals surface area contributed by atoms with E-state index >= 15 is 0 Å². The number of hydrogen-bond acceptors (Lipinski definition) is 3. The van der Waals surface area contributed by atoms with Gasteiger partial charge < -0.3 is 4.57 Å². The minimum atomic E-state index is -0.235. The smallest absolute Gasteiger partial charge is 0.170 e. The quantitative estimate of drug-likeness (QED) is 0.542. The van der Waals surface area contributed by atoms with Crippen LogP contribution in [0.1, 0.15) is 23.6 Å². The van der Waals surface area contributed by atoms with Crippen LogP contribution in [0.5, 0.6) is 0 Å². The lowest BCUT2D eigenvalue weighted by Crippen LogP contribution is -1.99. The minimum Gasteiger partial charge on any atom is -0.327 e. The molecule has 24 heavy (non-hydrogen) atoms. The van der Waals surface area contributed by atoms with Crippen molar-refractivity contribution in [3.8, 4) is 6.07 Å². The van der Waals surface area contributed by atoms with E-state index in [1.807, 2.05) is 35.0 Å². The Hall–Kier alpha value is -3.19. The van der Waals surface area contributed by atoms with Gasteiger partial charge in [0.05, 0.1) is 5.57 Å². The first-order chi connectivity index (χ1) is 11.6. The van der Waals surface area contributed by atoms with Crippen LogP contribution >= 0.6 is 0 Å². The first-order valence-corrected chi connectivity index (χ1v) is 7.70. The molecule has 0 spiro atoms. The highest BCUT2D eigenvalue weighted by atomic mass is 16.1. The van der Waals surface area contributed by atoms with Crippen LogP contribution in [0.25, 0.3) is 17.1 Å². The minimum absolute atomic E-state index is 0.147. The van der Waals surface area contributed by atoms with E-state index in [4.69, 9.17) is 5.26 Å². The first kappa shape index (κ1) is 15.7. The monoisotopic (exact) mass is 315 g/mol. The topological polar surface area (TPSA) is 58.7 Å². The molecule has 0 saturated heterocycles. The van der Waals surface area contributed by atoms with Crippen LogP contribution in [-0.2, 0) is 11.3 Å². The molecule has 4 nitrogen and oxygen atoms in total. The number of hydrogen-bond donors (Lipinski definition) is 0. The van der Waals surface area contributed by atoms with Gasteiger partial charge in [0.1, 0.15) is 11.7 Å². The Bertz CT molecular complexity index is 990. The number of benzene rings is 1. The maximum absolute atomic E-state index is 11.5. The number of aromatic nitrogens is 2. The summed E-state index contributed by atoms with van der Waals surface area (Å²) >= 11 is 0. The summed E-state index contributed by atoms with van der Waals surface area (Å²) in [5.74, 6) is -0.235. The molecule has 3 aromatic rings.